The van der Waals surface area contributed by atoms with Crippen LogP contribution in [-0.2, 0) is 0 Å². The van der Waals surface area contributed by atoms with Crippen LogP contribution in [0.5, 0.6) is 0 Å². The molecule has 0 N–H and O–H groups in total. The average molecular weight is 136 g/mol. The Morgan fingerprint density at radius 2 is 2.10 bits per heavy atom. The third kappa shape index (κ3) is 1.77. The van der Waals surface area contributed by atoms with Crippen molar-refractivity contribution in [2.75, 3.05) is 0 Å². The van der Waals surface area contributed by atoms with Gasteiger partial charge in [-0.15, -0.1) is 0 Å². The average Bonchev–Trinajstić information content (AvgIpc) is 2.13. The van der Waals surface area contributed by atoms with Gasteiger partial charge in [0.05, 0.1) is 7.85 Å². The zero-order valence-corrected chi connectivity index (χ0v) is 7.14. The quantitative estimate of drug-likeness (QED) is 0.512. The Bertz CT molecular complexity index is 101. The Morgan fingerprint density at radius 3 is 2.50 bits per heavy atom. The van der Waals surface area contributed by atoms with Gasteiger partial charge in [-0.1, -0.05) is 38.9 Å². The summed E-state index contributed by atoms with van der Waals surface area (Å²) < 4.78 is 0. The molecule has 1 aliphatic rings. The fraction of sp³-hybridized carbons (Fsp3) is 1.00. The van der Waals surface area contributed by atoms with E-state index < -0.39 is 0 Å². The zero-order chi connectivity index (χ0) is 7.56. The summed E-state index contributed by atoms with van der Waals surface area (Å²) in [4.78, 5) is 0. The van der Waals surface area contributed by atoms with E-state index >= 15 is 0 Å². The van der Waals surface area contributed by atoms with Gasteiger partial charge < -0.3 is 0 Å². The lowest BCUT2D eigenvalue weighted by Crippen LogP contribution is -2.00. The van der Waals surface area contributed by atoms with Crippen LogP contribution in [0.3, 0.4) is 0 Å². The van der Waals surface area contributed by atoms with Crippen LogP contribution in [-0.4, -0.2) is 7.85 Å². The molecule has 10 heavy (non-hydrogen) atoms. The molecule has 0 amide bonds. The summed E-state index contributed by atoms with van der Waals surface area (Å²) in [5.41, 5.74) is 0. The van der Waals surface area contributed by atoms with Crippen LogP contribution in [0.4, 0.5) is 0 Å². The normalized spacial score (nSPS) is 40.4. The number of hydrogen-bond donors (Lipinski definition) is 0. The first-order chi connectivity index (χ1) is 4.74. The first kappa shape index (κ1) is 8.16. The van der Waals surface area contributed by atoms with E-state index in [9.17, 15) is 0 Å². The molecule has 0 aliphatic heterocycles. The first-order valence-corrected chi connectivity index (χ1v) is 4.49. The summed E-state index contributed by atoms with van der Waals surface area (Å²) in [5, 5.41) is 0. The Morgan fingerprint density at radius 1 is 1.40 bits per heavy atom. The van der Waals surface area contributed by atoms with E-state index in [1.165, 1.54) is 25.7 Å². The van der Waals surface area contributed by atoms with Crippen molar-refractivity contribution in [3.05, 3.63) is 0 Å². The molecule has 2 radical (unpaired) electrons. The van der Waals surface area contributed by atoms with Gasteiger partial charge in [0.25, 0.3) is 0 Å². The predicted octanol–water partition coefficient (Wildman–Crippen LogP) is 2.79. The molecule has 1 fully saturated rings. The van der Waals surface area contributed by atoms with Gasteiger partial charge in [-0.05, 0) is 18.3 Å². The molecule has 0 nitrogen and oxygen atoms in total. The van der Waals surface area contributed by atoms with Gasteiger partial charge in [-0.25, -0.2) is 0 Å². The SMILES string of the molecule is [B]C1CC(C)CC1CCC. The van der Waals surface area contributed by atoms with Crippen molar-refractivity contribution >= 4 is 7.85 Å². The second kappa shape index (κ2) is 3.45. The second-order valence-electron chi connectivity index (χ2n) is 3.79. The molecule has 1 heteroatoms. The lowest BCUT2D eigenvalue weighted by molar-refractivity contribution is 0.474. The van der Waals surface area contributed by atoms with E-state index in [0.29, 0.717) is 5.82 Å². The summed E-state index contributed by atoms with van der Waals surface area (Å²) in [6.07, 6.45) is 5.26. The van der Waals surface area contributed by atoms with Gasteiger partial charge in [0.2, 0.25) is 0 Å². The van der Waals surface area contributed by atoms with E-state index in [-0.39, 0.29) is 0 Å². The molecule has 0 saturated heterocycles. The summed E-state index contributed by atoms with van der Waals surface area (Å²) in [7, 11) is 5.96. The van der Waals surface area contributed by atoms with E-state index in [4.69, 9.17) is 7.85 Å². The molecule has 0 aromatic rings. The van der Waals surface area contributed by atoms with E-state index in [1.807, 2.05) is 0 Å². The molecular formula is C9H17B. The minimum Gasteiger partial charge on any atom is -0.0743 e. The molecule has 3 atom stereocenters. The molecule has 0 aromatic heterocycles. The van der Waals surface area contributed by atoms with Crippen molar-refractivity contribution in [2.24, 2.45) is 11.8 Å². The van der Waals surface area contributed by atoms with Crippen LogP contribution in [0, 0.1) is 11.8 Å². The summed E-state index contributed by atoms with van der Waals surface area (Å²) >= 11 is 0. The molecule has 3 unspecified atom stereocenters. The minimum absolute atomic E-state index is 0.509. The van der Waals surface area contributed by atoms with Gasteiger partial charge >= 0.3 is 0 Å². The Labute approximate surface area is 65.8 Å². The van der Waals surface area contributed by atoms with Crippen LogP contribution >= 0.6 is 0 Å². The highest BCUT2D eigenvalue weighted by Gasteiger charge is 2.26. The maximum Gasteiger partial charge on any atom is 0.0703 e. The van der Waals surface area contributed by atoms with Crippen LogP contribution in [0.15, 0.2) is 0 Å². The van der Waals surface area contributed by atoms with Crippen molar-refractivity contribution in [3.8, 4) is 0 Å². The Hall–Kier alpha value is 0.0649. The van der Waals surface area contributed by atoms with Crippen LogP contribution in [0.2, 0.25) is 5.82 Å². The van der Waals surface area contributed by atoms with Crippen molar-refractivity contribution in [1.82, 2.24) is 0 Å². The van der Waals surface area contributed by atoms with Crippen LogP contribution in [0.1, 0.15) is 39.5 Å². The van der Waals surface area contributed by atoms with Crippen molar-refractivity contribution in [1.29, 1.82) is 0 Å². The summed E-state index contributed by atoms with van der Waals surface area (Å²) in [6.45, 7) is 4.56. The molecule has 0 heterocycles. The fourth-order valence-corrected chi connectivity index (χ4v) is 2.15. The lowest BCUT2D eigenvalue weighted by Gasteiger charge is -2.12. The van der Waals surface area contributed by atoms with Crippen LogP contribution in [0.25, 0.3) is 0 Å². The van der Waals surface area contributed by atoms with Gasteiger partial charge in [0.15, 0.2) is 0 Å². The maximum absolute atomic E-state index is 5.96. The molecule has 1 saturated carbocycles. The standard InChI is InChI=1S/C9H17B/c1-3-4-8-5-7(2)6-9(8)10/h7-9H,3-6H2,1-2H3. The van der Waals surface area contributed by atoms with Crippen LogP contribution < -0.4 is 0 Å². The summed E-state index contributed by atoms with van der Waals surface area (Å²) in [6, 6.07) is 0. The zero-order valence-electron chi connectivity index (χ0n) is 7.14. The molecule has 1 rings (SSSR count). The first-order valence-electron chi connectivity index (χ1n) is 4.49. The molecule has 0 spiro atoms. The van der Waals surface area contributed by atoms with E-state index in [2.05, 4.69) is 13.8 Å². The highest BCUT2D eigenvalue weighted by atomic mass is 14.3. The van der Waals surface area contributed by atoms with Gasteiger partial charge in [-0.3, -0.25) is 0 Å². The van der Waals surface area contributed by atoms with Crippen molar-refractivity contribution in [2.45, 2.75) is 45.3 Å². The molecule has 0 bridgehead atoms. The Kier molecular flexibility index (Phi) is 2.82. The highest BCUT2D eigenvalue weighted by molar-refractivity contribution is 6.12. The molecule has 0 aromatic carbocycles. The van der Waals surface area contributed by atoms with Gasteiger partial charge in [0, 0.05) is 0 Å². The van der Waals surface area contributed by atoms with E-state index in [0.717, 1.165) is 11.8 Å². The van der Waals surface area contributed by atoms with Gasteiger partial charge in [0.1, 0.15) is 0 Å². The van der Waals surface area contributed by atoms with Crippen molar-refractivity contribution < 1.29 is 0 Å². The lowest BCUT2D eigenvalue weighted by atomic mass is 9.77. The highest BCUT2D eigenvalue weighted by Crippen LogP contribution is 2.40. The smallest absolute Gasteiger partial charge is 0.0703 e. The van der Waals surface area contributed by atoms with Gasteiger partial charge in [-0.2, -0.15) is 0 Å². The van der Waals surface area contributed by atoms with E-state index in [1.54, 1.807) is 0 Å². The Balaban J connectivity index is 2.31. The number of hydrogen-bond acceptors (Lipinski definition) is 0. The third-order valence-corrected chi connectivity index (χ3v) is 2.64. The fourth-order valence-electron chi connectivity index (χ4n) is 2.15. The molecule has 56 valence electrons. The number of rotatable bonds is 2. The monoisotopic (exact) mass is 136 g/mol. The molecule has 1 aliphatic carbocycles. The van der Waals surface area contributed by atoms with Crippen molar-refractivity contribution in [3.63, 3.8) is 0 Å². The topological polar surface area (TPSA) is 0 Å². The third-order valence-electron chi connectivity index (χ3n) is 2.64. The largest absolute Gasteiger partial charge is 0.0743 e. The maximum atomic E-state index is 5.96. The predicted molar refractivity (Wildman–Crippen MR) is 46.3 cm³/mol. The summed E-state index contributed by atoms with van der Waals surface area (Å²) in [5.74, 6) is 2.22. The minimum atomic E-state index is 0.509. The second-order valence-corrected chi connectivity index (χ2v) is 3.79. The molecular weight excluding hydrogens is 119 g/mol.